The third-order valence-electron chi connectivity index (χ3n) is 2.94. The fourth-order valence-electron chi connectivity index (χ4n) is 1.91. The molecule has 0 radical (unpaired) electrons. The van der Waals surface area contributed by atoms with Gasteiger partial charge in [0.05, 0.1) is 0 Å². The van der Waals surface area contributed by atoms with Crippen LogP contribution in [0.3, 0.4) is 0 Å². The van der Waals surface area contributed by atoms with Crippen LogP contribution in [0.2, 0.25) is 0 Å². The van der Waals surface area contributed by atoms with Crippen LogP contribution in [0.4, 0.5) is 4.39 Å². The van der Waals surface area contributed by atoms with E-state index in [-0.39, 0.29) is 0 Å². The second-order valence-corrected chi connectivity index (χ2v) is 4.05. The first-order valence-corrected chi connectivity index (χ1v) is 5.21. The number of hydrogen-bond acceptors (Lipinski definition) is 2. The lowest BCUT2D eigenvalue weighted by Crippen LogP contribution is -2.34. The Kier molecular flexibility index (Phi) is 4.67. The highest BCUT2D eigenvalue weighted by Gasteiger charge is 2.24. The molecule has 1 fully saturated rings. The Bertz CT molecular complexity index is 133. The van der Waals surface area contributed by atoms with Gasteiger partial charge in [0.25, 0.3) is 0 Å². The second-order valence-electron chi connectivity index (χ2n) is 4.05. The Balaban J connectivity index is 2.19. The molecule has 1 atom stereocenters. The number of halogens is 1. The maximum Gasteiger partial charge on any atom is 0.104 e. The third-order valence-corrected chi connectivity index (χ3v) is 2.94. The molecule has 1 rings (SSSR count). The predicted octanol–water partition coefficient (Wildman–Crippen LogP) is 1.28. The van der Waals surface area contributed by atoms with Crippen molar-refractivity contribution in [3.05, 3.63) is 0 Å². The summed E-state index contributed by atoms with van der Waals surface area (Å²) >= 11 is 0. The predicted molar refractivity (Wildman–Crippen MR) is 53.7 cm³/mol. The molecule has 1 heterocycles. The standard InChI is InChI=1S/C10H21FN2/c1-12-6-3-10(11)9-4-7-13(2)8-5-9/h9-10,12H,3-8H2,1-2H3. The average Bonchev–Trinajstić information content (AvgIpc) is 2.15. The Labute approximate surface area is 80.5 Å². The summed E-state index contributed by atoms with van der Waals surface area (Å²) in [6.45, 7) is 2.92. The molecular weight excluding hydrogens is 167 g/mol. The zero-order valence-electron chi connectivity index (χ0n) is 8.72. The van der Waals surface area contributed by atoms with Crippen LogP contribution in [-0.2, 0) is 0 Å². The lowest BCUT2D eigenvalue weighted by molar-refractivity contribution is 0.130. The fraction of sp³-hybridized carbons (Fsp3) is 1.00. The molecule has 1 aliphatic rings. The van der Waals surface area contributed by atoms with E-state index in [9.17, 15) is 4.39 Å². The molecule has 0 spiro atoms. The van der Waals surface area contributed by atoms with Crippen molar-refractivity contribution in [2.75, 3.05) is 33.7 Å². The summed E-state index contributed by atoms with van der Waals surface area (Å²) in [6.07, 6.45) is 2.13. The van der Waals surface area contributed by atoms with Crippen molar-refractivity contribution >= 4 is 0 Å². The van der Waals surface area contributed by atoms with Gasteiger partial charge in [-0.3, -0.25) is 0 Å². The first kappa shape index (κ1) is 10.9. The Morgan fingerprint density at radius 1 is 1.46 bits per heavy atom. The molecule has 2 nitrogen and oxygen atoms in total. The lowest BCUT2D eigenvalue weighted by Gasteiger charge is -2.30. The first-order chi connectivity index (χ1) is 6.24. The number of alkyl halides is 1. The molecule has 0 saturated carbocycles. The van der Waals surface area contributed by atoms with Crippen LogP contribution in [0.1, 0.15) is 19.3 Å². The summed E-state index contributed by atoms with van der Waals surface area (Å²) in [5.74, 6) is 0.310. The van der Waals surface area contributed by atoms with Crippen LogP contribution in [0, 0.1) is 5.92 Å². The van der Waals surface area contributed by atoms with Gasteiger partial charge >= 0.3 is 0 Å². The molecule has 1 aliphatic heterocycles. The van der Waals surface area contributed by atoms with Gasteiger partial charge in [0.1, 0.15) is 6.17 Å². The number of likely N-dealkylation sites (tertiary alicyclic amines) is 1. The van der Waals surface area contributed by atoms with Crippen molar-refractivity contribution in [3.8, 4) is 0 Å². The summed E-state index contributed by atoms with van der Waals surface area (Å²) in [5, 5.41) is 3.00. The molecule has 1 N–H and O–H groups in total. The zero-order valence-corrected chi connectivity index (χ0v) is 8.72. The minimum atomic E-state index is -0.596. The highest BCUT2D eigenvalue weighted by molar-refractivity contribution is 4.76. The maximum atomic E-state index is 13.5. The number of nitrogens with one attached hydrogen (secondary N) is 1. The van der Waals surface area contributed by atoms with Gasteiger partial charge in [-0.15, -0.1) is 0 Å². The van der Waals surface area contributed by atoms with Crippen LogP contribution in [0.25, 0.3) is 0 Å². The first-order valence-electron chi connectivity index (χ1n) is 5.21. The molecule has 0 amide bonds. The van der Waals surface area contributed by atoms with E-state index in [4.69, 9.17) is 0 Å². The van der Waals surface area contributed by atoms with Gasteiger partial charge < -0.3 is 10.2 Å². The fourth-order valence-corrected chi connectivity index (χ4v) is 1.91. The summed E-state index contributed by atoms with van der Waals surface area (Å²) in [4.78, 5) is 2.28. The van der Waals surface area contributed by atoms with Crippen molar-refractivity contribution in [2.24, 2.45) is 5.92 Å². The summed E-state index contributed by atoms with van der Waals surface area (Å²) in [7, 11) is 3.98. The van der Waals surface area contributed by atoms with Gasteiger partial charge in [-0.1, -0.05) is 0 Å². The lowest BCUT2D eigenvalue weighted by atomic mass is 9.91. The van der Waals surface area contributed by atoms with Gasteiger partial charge in [0, 0.05) is 0 Å². The maximum absolute atomic E-state index is 13.5. The zero-order chi connectivity index (χ0) is 9.68. The Morgan fingerprint density at radius 3 is 2.62 bits per heavy atom. The van der Waals surface area contributed by atoms with Crippen LogP contribution in [-0.4, -0.2) is 44.8 Å². The molecule has 0 bridgehead atoms. The van der Waals surface area contributed by atoms with E-state index in [1.54, 1.807) is 0 Å². The SMILES string of the molecule is CNCCC(F)C1CCN(C)CC1. The third kappa shape index (κ3) is 3.61. The van der Waals surface area contributed by atoms with Crippen molar-refractivity contribution in [1.29, 1.82) is 0 Å². The van der Waals surface area contributed by atoms with Crippen molar-refractivity contribution in [3.63, 3.8) is 0 Å². The van der Waals surface area contributed by atoms with E-state index < -0.39 is 6.17 Å². The molecule has 13 heavy (non-hydrogen) atoms. The smallest absolute Gasteiger partial charge is 0.104 e. The Morgan fingerprint density at radius 2 is 2.08 bits per heavy atom. The van der Waals surface area contributed by atoms with Crippen LogP contribution >= 0.6 is 0 Å². The highest BCUT2D eigenvalue weighted by Crippen LogP contribution is 2.23. The quantitative estimate of drug-likeness (QED) is 0.715. The summed E-state index contributed by atoms with van der Waals surface area (Å²) in [6, 6.07) is 0. The number of rotatable bonds is 4. The average molecular weight is 188 g/mol. The summed E-state index contributed by atoms with van der Waals surface area (Å²) < 4.78 is 13.5. The van der Waals surface area contributed by atoms with Gasteiger partial charge in [-0.05, 0) is 58.9 Å². The molecule has 0 aromatic rings. The van der Waals surface area contributed by atoms with Crippen molar-refractivity contribution in [2.45, 2.75) is 25.4 Å². The largest absolute Gasteiger partial charge is 0.320 e. The van der Waals surface area contributed by atoms with E-state index in [0.717, 1.165) is 32.5 Å². The molecule has 0 aromatic carbocycles. The van der Waals surface area contributed by atoms with E-state index >= 15 is 0 Å². The van der Waals surface area contributed by atoms with Crippen molar-refractivity contribution < 1.29 is 4.39 Å². The topological polar surface area (TPSA) is 15.3 Å². The van der Waals surface area contributed by atoms with E-state index in [1.165, 1.54) is 0 Å². The van der Waals surface area contributed by atoms with Crippen LogP contribution in [0.5, 0.6) is 0 Å². The molecule has 0 aliphatic carbocycles. The van der Waals surface area contributed by atoms with E-state index in [1.807, 2.05) is 7.05 Å². The molecular formula is C10H21FN2. The monoisotopic (exact) mass is 188 g/mol. The minimum Gasteiger partial charge on any atom is -0.320 e. The Hall–Kier alpha value is -0.150. The number of piperidine rings is 1. The van der Waals surface area contributed by atoms with Crippen LogP contribution in [0.15, 0.2) is 0 Å². The number of nitrogens with zero attached hydrogens (tertiary/aromatic N) is 1. The highest BCUT2D eigenvalue weighted by atomic mass is 19.1. The van der Waals surface area contributed by atoms with Crippen molar-refractivity contribution in [1.82, 2.24) is 10.2 Å². The molecule has 3 heteroatoms. The second kappa shape index (κ2) is 5.55. The summed E-state index contributed by atoms with van der Waals surface area (Å²) in [5.41, 5.74) is 0. The van der Waals surface area contributed by atoms with Gasteiger partial charge in [-0.2, -0.15) is 0 Å². The molecule has 78 valence electrons. The van der Waals surface area contributed by atoms with Gasteiger partial charge in [0.2, 0.25) is 0 Å². The van der Waals surface area contributed by atoms with Crippen LogP contribution < -0.4 is 5.32 Å². The van der Waals surface area contributed by atoms with E-state index in [0.29, 0.717) is 12.3 Å². The molecule has 0 aromatic heterocycles. The van der Waals surface area contributed by atoms with Gasteiger partial charge in [0.15, 0.2) is 0 Å². The molecule has 1 saturated heterocycles. The normalized spacial score (nSPS) is 23.3. The van der Waals surface area contributed by atoms with Gasteiger partial charge in [-0.25, -0.2) is 4.39 Å². The minimum absolute atomic E-state index is 0.310. The van der Waals surface area contributed by atoms with E-state index in [2.05, 4.69) is 17.3 Å². The molecule has 1 unspecified atom stereocenters. The number of hydrogen-bond donors (Lipinski definition) is 1.